The molecule has 0 radical (unpaired) electrons. The molecule has 0 saturated carbocycles. The summed E-state index contributed by atoms with van der Waals surface area (Å²) in [4.78, 5) is 0. The van der Waals surface area contributed by atoms with Crippen molar-refractivity contribution in [1.82, 2.24) is 5.32 Å². The molecule has 0 aliphatic carbocycles. The Morgan fingerprint density at radius 1 is 1.45 bits per heavy atom. The van der Waals surface area contributed by atoms with Gasteiger partial charge in [-0.3, -0.25) is 0 Å². The van der Waals surface area contributed by atoms with Crippen molar-refractivity contribution >= 4 is 35.1 Å². The van der Waals surface area contributed by atoms with Crippen molar-refractivity contribution in [1.29, 1.82) is 0 Å². The summed E-state index contributed by atoms with van der Waals surface area (Å²) in [6.07, 6.45) is 1.91. The monoisotopic (exact) mass is 333 g/mol. The quantitative estimate of drug-likeness (QED) is 0.836. The fourth-order valence-electron chi connectivity index (χ4n) is 2.34. The van der Waals surface area contributed by atoms with Crippen LogP contribution in [0.2, 0.25) is 5.02 Å². The smallest absolute Gasteiger partial charge is 0.123 e. The zero-order valence-corrected chi connectivity index (χ0v) is 14.1. The lowest BCUT2D eigenvalue weighted by atomic mass is 10.0. The van der Waals surface area contributed by atoms with Gasteiger partial charge in [0.25, 0.3) is 0 Å². The Balaban J connectivity index is 2.07. The van der Waals surface area contributed by atoms with E-state index in [1.807, 2.05) is 23.5 Å². The van der Waals surface area contributed by atoms with E-state index in [-0.39, 0.29) is 5.82 Å². The maximum absolute atomic E-state index is 13.4. The molecule has 2 rings (SSSR count). The van der Waals surface area contributed by atoms with Gasteiger partial charge in [0.2, 0.25) is 0 Å². The van der Waals surface area contributed by atoms with Crippen LogP contribution in [0.5, 0.6) is 0 Å². The van der Waals surface area contributed by atoms with Crippen LogP contribution in [0, 0.1) is 5.82 Å². The number of halogens is 2. The van der Waals surface area contributed by atoms with Crippen LogP contribution in [-0.4, -0.2) is 35.1 Å². The third kappa shape index (κ3) is 4.83. The summed E-state index contributed by atoms with van der Waals surface area (Å²) in [5.41, 5.74) is 0.913. The summed E-state index contributed by atoms with van der Waals surface area (Å²) in [6.45, 7) is 3.17. The second kappa shape index (κ2) is 8.52. The van der Waals surface area contributed by atoms with Crippen LogP contribution in [0.3, 0.4) is 0 Å². The van der Waals surface area contributed by atoms with E-state index in [1.165, 1.54) is 23.3 Å². The molecule has 1 aromatic carbocycles. The van der Waals surface area contributed by atoms with Gasteiger partial charge in [0, 0.05) is 33.6 Å². The molecule has 1 heterocycles. The third-order valence-corrected chi connectivity index (χ3v) is 6.68. The molecule has 20 heavy (non-hydrogen) atoms. The van der Waals surface area contributed by atoms with Crippen molar-refractivity contribution in [2.24, 2.45) is 0 Å². The van der Waals surface area contributed by atoms with Crippen molar-refractivity contribution in [2.45, 2.75) is 31.1 Å². The van der Waals surface area contributed by atoms with Crippen LogP contribution < -0.4 is 5.32 Å². The van der Waals surface area contributed by atoms with Gasteiger partial charge in [-0.05, 0) is 43.1 Å². The van der Waals surface area contributed by atoms with Gasteiger partial charge < -0.3 is 5.32 Å². The zero-order chi connectivity index (χ0) is 14.4. The third-order valence-electron chi connectivity index (χ3n) is 3.39. The van der Waals surface area contributed by atoms with Crippen molar-refractivity contribution in [2.75, 3.05) is 23.8 Å². The molecular weight excluding hydrogens is 313 g/mol. The van der Waals surface area contributed by atoms with E-state index in [4.69, 9.17) is 11.6 Å². The molecule has 112 valence electrons. The Kier molecular flexibility index (Phi) is 7.02. The molecule has 1 saturated heterocycles. The first-order valence-electron chi connectivity index (χ1n) is 7.07. The highest BCUT2D eigenvalue weighted by molar-refractivity contribution is 8.06. The van der Waals surface area contributed by atoms with Crippen LogP contribution in [0.4, 0.5) is 4.39 Å². The molecule has 1 nitrogen and oxygen atoms in total. The molecule has 0 bridgehead atoms. The molecule has 2 unspecified atom stereocenters. The lowest BCUT2D eigenvalue weighted by Gasteiger charge is -2.30. The van der Waals surface area contributed by atoms with Gasteiger partial charge in [-0.2, -0.15) is 23.5 Å². The van der Waals surface area contributed by atoms with Crippen molar-refractivity contribution in [3.63, 3.8) is 0 Å². The zero-order valence-electron chi connectivity index (χ0n) is 11.7. The number of hydrogen-bond acceptors (Lipinski definition) is 3. The van der Waals surface area contributed by atoms with Gasteiger partial charge in [-0.15, -0.1) is 0 Å². The Hall–Kier alpha value is 0.1000. The summed E-state index contributed by atoms with van der Waals surface area (Å²) in [5, 5.41) is 4.87. The van der Waals surface area contributed by atoms with Gasteiger partial charge in [0.15, 0.2) is 0 Å². The van der Waals surface area contributed by atoms with E-state index in [0.717, 1.165) is 24.9 Å². The summed E-state index contributed by atoms with van der Waals surface area (Å²) in [6, 6.07) is 5.02. The molecule has 1 aromatic rings. The summed E-state index contributed by atoms with van der Waals surface area (Å²) < 4.78 is 13.4. The maximum Gasteiger partial charge on any atom is 0.123 e. The molecular formula is C15H21ClFNS2. The van der Waals surface area contributed by atoms with Crippen LogP contribution >= 0.6 is 35.1 Å². The maximum atomic E-state index is 13.4. The number of nitrogens with one attached hydrogen (secondary N) is 1. The molecule has 0 aromatic heterocycles. The van der Waals surface area contributed by atoms with Crippen LogP contribution in [-0.2, 0) is 6.42 Å². The highest BCUT2D eigenvalue weighted by Gasteiger charge is 2.25. The van der Waals surface area contributed by atoms with E-state index in [1.54, 1.807) is 12.1 Å². The Labute approximate surface area is 134 Å². The van der Waals surface area contributed by atoms with Crippen molar-refractivity contribution < 1.29 is 4.39 Å². The number of benzene rings is 1. The first kappa shape index (κ1) is 16.5. The van der Waals surface area contributed by atoms with Crippen LogP contribution in [0.15, 0.2) is 18.2 Å². The Bertz CT molecular complexity index is 424. The SMILES string of the molecule is CCCNC(Cc1cc(F)ccc1Cl)C1CSCCS1. The average molecular weight is 334 g/mol. The van der Waals surface area contributed by atoms with E-state index in [0.29, 0.717) is 16.3 Å². The van der Waals surface area contributed by atoms with Gasteiger partial charge in [0.05, 0.1) is 0 Å². The topological polar surface area (TPSA) is 12.0 Å². The van der Waals surface area contributed by atoms with Gasteiger partial charge in [0.1, 0.15) is 5.82 Å². The minimum atomic E-state index is -0.204. The summed E-state index contributed by atoms with van der Waals surface area (Å²) in [7, 11) is 0. The molecule has 5 heteroatoms. The minimum Gasteiger partial charge on any atom is -0.313 e. The van der Waals surface area contributed by atoms with Gasteiger partial charge in [-0.1, -0.05) is 18.5 Å². The molecule has 1 N–H and O–H groups in total. The fourth-order valence-corrected chi connectivity index (χ4v) is 5.42. The van der Waals surface area contributed by atoms with Crippen LogP contribution in [0.1, 0.15) is 18.9 Å². The lowest BCUT2D eigenvalue weighted by Crippen LogP contribution is -2.43. The van der Waals surface area contributed by atoms with Crippen molar-refractivity contribution in [3.8, 4) is 0 Å². The van der Waals surface area contributed by atoms with Crippen LogP contribution in [0.25, 0.3) is 0 Å². The summed E-state index contributed by atoms with van der Waals surface area (Å²) >= 11 is 10.3. The number of hydrogen-bond donors (Lipinski definition) is 1. The number of thioether (sulfide) groups is 2. The first-order valence-corrected chi connectivity index (χ1v) is 9.65. The summed E-state index contributed by atoms with van der Waals surface area (Å²) in [5.74, 6) is 3.40. The second-order valence-electron chi connectivity index (χ2n) is 4.98. The van der Waals surface area contributed by atoms with E-state index >= 15 is 0 Å². The predicted octanol–water partition coefficient (Wildman–Crippen LogP) is 4.24. The molecule has 2 atom stereocenters. The normalized spacial score (nSPS) is 20.9. The highest BCUT2D eigenvalue weighted by Crippen LogP contribution is 2.29. The fraction of sp³-hybridized carbons (Fsp3) is 0.600. The molecule has 1 aliphatic rings. The minimum absolute atomic E-state index is 0.204. The lowest BCUT2D eigenvalue weighted by molar-refractivity contribution is 0.504. The average Bonchev–Trinajstić information content (AvgIpc) is 2.48. The molecule has 1 aliphatic heterocycles. The highest BCUT2D eigenvalue weighted by atomic mass is 35.5. The van der Waals surface area contributed by atoms with Gasteiger partial charge >= 0.3 is 0 Å². The predicted molar refractivity (Wildman–Crippen MR) is 90.8 cm³/mol. The van der Waals surface area contributed by atoms with E-state index in [2.05, 4.69) is 12.2 Å². The van der Waals surface area contributed by atoms with E-state index in [9.17, 15) is 4.39 Å². The molecule has 1 fully saturated rings. The van der Waals surface area contributed by atoms with Gasteiger partial charge in [-0.25, -0.2) is 4.39 Å². The first-order chi connectivity index (χ1) is 9.70. The van der Waals surface area contributed by atoms with E-state index < -0.39 is 0 Å². The molecule has 0 amide bonds. The number of rotatable bonds is 6. The standard InChI is InChI=1S/C15H21ClFNS2/c1-2-5-18-14(15-10-19-6-7-20-15)9-11-8-12(17)3-4-13(11)16/h3-4,8,14-15,18H,2,5-7,9-10H2,1H3. The largest absolute Gasteiger partial charge is 0.313 e. The molecule has 0 spiro atoms. The second-order valence-corrected chi connectivity index (χ2v) is 7.89. The Morgan fingerprint density at radius 3 is 3.00 bits per heavy atom. The Morgan fingerprint density at radius 2 is 2.30 bits per heavy atom. The van der Waals surface area contributed by atoms with Crippen molar-refractivity contribution in [3.05, 3.63) is 34.6 Å².